The van der Waals surface area contributed by atoms with E-state index < -0.39 is 10.0 Å². The van der Waals surface area contributed by atoms with Crippen LogP contribution >= 0.6 is 11.6 Å². The van der Waals surface area contributed by atoms with E-state index in [0.29, 0.717) is 18.1 Å². The molecule has 0 spiro atoms. The first kappa shape index (κ1) is 15.3. The van der Waals surface area contributed by atoms with Gasteiger partial charge in [0.05, 0.1) is 5.56 Å². The zero-order chi connectivity index (χ0) is 14.9. The van der Waals surface area contributed by atoms with Gasteiger partial charge in [-0.3, -0.25) is 0 Å². The minimum atomic E-state index is -3.74. The summed E-state index contributed by atoms with van der Waals surface area (Å²) in [6, 6.07) is 5.87. The Hall–Kier alpha value is -1.13. The Kier molecular flexibility index (Phi) is 4.35. The molecule has 1 aromatic carbocycles. The molecule has 1 fully saturated rings. The van der Waals surface area contributed by atoms with E-state index in [9.17, 15) is 8.42 Å². The first-order valence-corrected chi connectivity index (χ1v) is 8.13. The molecule has 7 heteroatoms. The average Bonchev–Trinajstić information content (AvgIpc) is 2.38. The predicted octanol–water partition coefficient (Wildman–Crippen LogP) is 1.58. The van der Waals surface area contributed by atoms with Gasteiger partial charge in [-0.2, -0.15) is 9.57 Å². The molecule has 0 aliphatic carbocycles. The third-order valence-corrected chi connectivity index (χ3v) is 5.77. The van der Waals surface area contributed by atoms with Crippen LogP contribution in [0.5, 0.6) is 0 Å². The molecule has 1 aliphatic heterocycles. The van der Waals surface area contributed by atoms with Crippen molar-refractivity contribution < 1.29 is 8.42 Å². The largest absolute Gasteiger partial charge is 0.314 e. The molecule has 0 radical (unpaired) electrons. The first-order valence-electron chi connectivity index (χ1n) is 6.32. The summed E-state index contributed by atoms with van der Waals surface area (Å²) < 4.78 is 27.1. The molecule has 1 saturated heterocycles. The molecule has 0 aromatic heterocycles. The standard InChI is InChI=1S/C13H16ClN3O2S/c1-9-7-16-8-10(2)17(9)20(18,19)13-5-12(14)4-3-11(13)6-15/h3-5,9-10,16H,7-8H2,1-2H3. The van der Waals surface area contributed by atoms with Crippen molar-refractivity contribution in [3.05, 3.63) is 28.8 Å². The van der Waals surface area contributed by atoms with Crippen molar-refractivity contribution in [1.29, 1.82) is 5.26 Å². The van der Waals surface area contributed by atoms with Gasteiger partial charge in [0, 0.05) is 30.2 Å². The number of halogens is 1. The van der Waals surface area contributed by atoms with Crippen molar-refractivity contribution in [3.63, 3.8) is 0 Å². The summed E-state index contributed by atoms with van der Waals surface area (Å²) in [6.07, 6.45) is 0. The number of sulfonamides is 1. The number of hydrogen-bond acceptors (Lipinski definition) is 4. The van der Waals surface area contributed by atoms with Crippen LogP contribution in [-0.4, -0.2) is 37.9 Å². The molecular weight excluding hydrogens is 298 g/mol. The smallest absolute Gasteiger partial charge is 0.245 e. The molecule has 0 amide bonds. The number of nitrogens with zero attached hydrogens (tertiary/aromatic N) is 2. The third-order valence-electron chi connectivity index (χ3n) is 3.37. The van der Waals surface area contributed by atoms with E-state index in [0.717, 1.165) is 0 Å². The van der Waals surface area contributed by atoms with Gasteiger partial charge in [0.2, 0.25) is 10.0 Å². The Labute approximate surface area is 124 Å². The summed E-state index contributed by atoms with van der Waals surface area (Å²) in [7, 11) is -3.74. The summed E-state index contributed by atoms with van der Waals surface area (Å²) in [4.78, 5) is -0.0203. The molecular formula is C13H16ClN3O2S. The minimum Gasteiger partial charge on any atom is -0.314 e. The van der Waals surface area contributed by atoms with Gasteiger partial charge in [0.25, 0.3) is 0 Å². The van der Waals surface area contributed by atoms with Crippen molar-refractivity contribution in [3.8, 4) is 6.07 Å². The Morgan fingerprint density at radius 3 is 2.50 bits per heavy atom. The van der Waals surface area contributed by atoms with Gasteiger partial charge >= 0.3 is 0 Å². The van der Waals surface area contributed by atoms with Crippen LogP contribution in [0.4, 0.5) is 0 Å². The predicted molar refractivity (Wildman–Crippen MR) is 77.0 cm³/mol. The van der Waals surface area contributed by atoms with E-state index in [1.807, 2.05) is 19.9 Å². The maximum Gasteiger partial charge on any atom is 0.245 e. The molecule has 1 heterocycles. The van der Waals surface area contributed by atoms with Crippen LogP contribution in [0.1, 0.15) is 19.4 Å². The van der Waals surface area contributed by atoms with Crippen LogP contribution < -0.4 is 5.32 Å². The van der Waals surface area contributed by atoms with Crippen LogP contribution in [-0.2, 0) is 10.0 Å². The van der Waals surface area contributed by atoms with Crippen molar-refractivity contribution >= 4 is 21.6 Å². The Morgan fingerprint density at radius 2 is 1.95 bits per heavy atom. The third kappa shape index (κ3) is 2.67. The summed E-state index contributed by atoms with van der Waals surface area (Å²) in [5.74, 6) is 0. The van der Waals surface area contributed by atoms with Gasteiger partial charge in [-0.25, -0.2) is 8.42 Å². The molecule has 108 valence electrons. The van der Waals surface area contributed by atoms with Crippen molar-refractivity contribution in [2.75, 3.05) is 13.1 Å². The highest BCUT2D eigenvalue weighted by Gasteiger charge is 2.36. The van der Waals surface area contributed by atoms with Crippen LogP contribution in [0.15, 0.2) is 23.1 Å². The molecule has 0 saturated carbocycles. The second kappa shape index (κ2) is 5.70. The van der Waals surface area contributed by atoms with Gasteiger partial charge in [-0.15, -0.1) is 0 Å². The second-order valence-corrected chi connectivity index (χ2v) is 7.19. The summed E-state index contributed by atoms with van der Waals surface area (Å²) in [6.45, 7) is 4.87. The highest BCUT2D eigenvalue weighted by molar-refractivity contribution is 7.89. The fraction of sp³-hybridized carbons (Fsp3) is 0.462. The van der Waals surface area contributed by atoms with Gasteiger partial charge in [0.1, 0.15) is 11.0 Å². The zero-order valence-electron chi connectivity index (χ0n) is 11.3. The molecule has 2 atom stereocenters. The van der Waals surface area contributed by atoms with E-state index in [1.165, 1.54) is 22.5 Å². The van der Waals surface area contributed by atoms with E-state index in [2.05, 4.69) is 5.32 Å². The Morgan fingerprint density at radius 1 is 1.35 bits per heavy atom. The molecule has 1 aromatic rings. The van der Waals surface area contributed by atoms with Crippen LogP contribution in [0.25, 0.3) is 0 Å². The maximum absolute atomic E-state index is 12.8. The molecule has 2 unspecified atom stereocenters. The Balaban J connectivity index is 2.55. The van der Waals surface area contributed by atoms with Gasteiger partial charge in [0.15, 0.2) is 0 Å². The second-order valence-electron chi connectivity index (χ2n) is 4.94. The maximum atomic E-state index is 12.8. The minimum absolute atomic E-state index is 0.0203. The van der Waals surface area contributed by atoms with Crippen molar-refractivity contribution in [2.24, 2.45) is 0 Å². The number of benzene rings is 1. The lowest BCUT2D eigenvalue weighted by atomic mass is 10.2. The number of nitrogens with one attached hydrogen (secondary N) is 1. The zero-order valence-corrected chi connectivity index (χ0v) is 12.9. The fourth-order valence-electron chi connectivity index (χ4n) is 2.50. The van der Waals surface area contributed by atoms with Crippen molar-refractivity contribution in [1.82, 2.24) is 9.62 Å². The molecule has 1 N–H and O–H groups in total. The monoisotopic (exact) mass is 313 g/mol. The van der Waals surface area contributed by atoms with Crippen LogP contribution in [0.3, 0.4) is 0 Å². The highest BCUT2D eigenvalue weighted by Crippen LogP contribution is 2.27. The summed E-state index contributed by atoms with van der Waals surface area (Å²) in [5.41, 5.74) is 0.118. The van der Waals surface area contributed by atoms with Crippen LogP contribution in [0, 0.1) is 11.3 Å². The number of piperazine rings is 1. The molecule has 5 nitrogen and oxygen atoms in total. The summed E-state index contributed by atoms with van der Waals surface area (Å²) in [5, 5.41) is 12.6. The fourth-order valence-corrected chi connectivity index (χ4v) is 4.73. The SMILES string of the molecule is CC1CNCC(C)N1S(=O)(=O)c1cc(Cl)ccc1C#N. The van der Waals surface area contributed by atoms with Crippen molar-refractivity contribution in [2.45, 2.75) is 30.8 Å². The van der Waals surface area contributed by atoms with E-state index in [1.54, 1.807) is 0 Å². The first-order chi connectivity index (χ1) is 9.37. The number of nitriles is 1. The van der Waals surface area contributed by atoms with Gasteiger partial charge < -0.3 is 5.32 Å². The van der Waals surface area contributed by atoms with Gasteiger partial charge in [-0.1, -0.05) is 11.6 Å². The number of hydrogen-bond donors (Lipinski definition) is 1. The molecule has 1 aliphatic rings. The molecule has 2 rings (SSSR count). The number of rotatable bonds is 2. The van der Waals surface area contributed by atoms with E-state index in [4.69, 9.17) is 16.9 Å². The lowest BCUT2D eigenvalue weighted by molar-refractivity contribution is 0.220. The quantitative estimate of drug-likeness (QED) is 0.899. The average molecular weight is 314 g/mol. The normalized spacial score (nSPS) is 24.3. The molecule has 20 heavy (non-hydrogen) atoms. The lowest BCUT2D eigenvalue weighted by Crippen LogP contribution is -2.57. The van der Waals surface area contributed by atoms with E-state index in [-0.39, 0.29) is 22.5 Å². The van der Waals surface area contributed by atoms with E-state index >= 15 is 0 Å². The highest BCUT2D eigenvalue weighted by atomic mass is 35.5. The topological polar surface area (TPSA) is 73.2 Å². The lowest BCUT2D eigenvalue weighted by Gasteiger charge is -2.38. The Bertz CT molecular complexity index is 644. The van der Waals surface area contributed by atoms with Crippen LogP contribution in [0.2, 0.25) is 5.02 Å². The molecule has 0 bridgehead atoms. The van der Waals surface area contributed by atoms with Gasteiger partial charge in [-0.05, 0) is 32.0 Å². The summed E-state index contributed by atoms with van der Waals surface area (Å²) >= 11 is 5.89.